The number of rotatable bonds is 6. The molecular formula is C20H23NO6S. The first-order chi connectivity index (χ1) is 13.5. The van der Waals surface area contributed by atoms with Crippen LogP contribution in [0.25, 0.3) is 0 Å². The maximum absolute atomic E-state index is 12.7. The number of nitrogens with zero attached hydrogens (tertiary/aromatic N) is 1. The number of ether oxygens (including phenoxy) is 3. The quantitative estimate of drug-likeness (QED) is 0.682. The van der Waals surface area contributed by atoms with Crippen LogP contribution in [0.4, 0.5) is 0 Å². The number of thioether (sulfide) groups is 1. The molecular weight excluding hydrogens is 382 g/mol. The van der Waals surface area contributed by atoms with Gasteiger partial charge in [-0.1, -0.05) is 0 Å². The van der Waals surface area contributed by atoms with E-state index in [9.17, 15) is 9.59 Å². The van der Waals surface area contributed by atoms with Gasteiger partial charge in [-0.15, -0.1) is 11.8 Å². The van der Waals surface area contributed by atoms with Crippen LogP contribution in [0.5, 0.6) is 11.5 Å². The highest BCUT2D eigenvalue weighted by Gasteiger charge is 2.43. The Morgan fingerprint density at radius 3 is 2.57 bits per heavy atom. The van der Waals surface area contributed by atoms with E-state index in [0.29, 0.717) is 23.0 Å². The summed E-state index contributed by atoms with van der Waals surface area (Å²) in [6.07, 6.45) is 1.56. The van der Waals surface area contributed by atoms with E-state index < -0.39 is 12.0 Å². The predicted octanol–water partition coefficient (Wildman–Crippen LogP) is 3.31. The standard InChI is InChI=1S/C20H23NO6S/c1-12-8-17(24-3)18(25-4)9-14(12)10-27-20(23)15-11-28-19(21(15)13(2)22)16-6-5-7-26-16/h5-9,15,19H,10-11H2,1-4H3/t15-,19+/m1/s1. The molecule has 2 heterocycles. The second kappa shape index (κ2) is 8.60. The Morgan fingerprint density at radius 2 is 1.96 bits per heavy atom. The minimum atomic E-state index is -0.655. The van der Waals surface area contributed by atoms with Gasteiger partial charge in [0.1, 0.15) is 23.8 Å². The number of furan rings is 1. The zero-order chi connectivity index (χ0) is 20.3. The van der Waals surface area contributed by atoms with Crippen LogP contribution in [0.3, 0.4) is 0 Å². The van der Waals surface area contributed by atoms with E-state index in [1.165, 1.54) is 23.6 Å². The van der Waals surface area contributed by atoms with E-state index in [2.05, 4.69) is 0 Å². The molecule has 7 nitrogen and oxygen atoms in total. The highest BCUT2D eigenvalue weighted by molar-refractivity contribution is 7.99. The van der Waals surface area contributed by atoms with Gasteiger partial charge in [-0.3, -0.25) is 4.79 Å². The van der Waals surface area contributed by atoms with Gasteiger partial charge >= 0.3 is 5.97 Å². The van der Waals surface area contributed by atoms with Crippen molar-refractivity contribution in [1.29, 1.82) is 0 Å². The van der Waals surface area contributed by atoms with Crippen LogP contribution < -0.4 is 9.47 Å². The molecule has 150 valence electrons. The number of amides is 1. The summed E-state index contributed by atoms with van der Waals surface area (Å²) in [4.78, 5) is 26.4. The van der Waals surface area contributed by atoms with Crippen molar-refractivity contribution in [2.75, 3.05) is 20.0 Å². The molecule has 2 atom stereocenters. The number of benzene rings is 1. The van der Waals surface area contributed by atoms with E-state index >= 15 is 0 Å². The molecule has 1 fully saturated rings. The largest absolute Gasteiger partial charge is 0.493 e. The third kappa shape index (κ3) is 3.96. The van der Waals surface area contributed by atoms with Gasteiger partial charge in [0.05, 0.1) is 20.5 Å². The second-order valence-electron chi connectivity index (χ2n) is 6.38. The SMILES string of the molecule is COc1cc(C)c(COC(=O)[C@H]2CS[C@@H](c3ccco3)N2C(C)=O)cc1OC. The summed E-state index contributed by atoms with van der Waals surface area (Å²) in [5, 5.41) is -0.326. The molecule has 2 aromatic rings. The Morgan fingerprint density at radius 1 is 1.25 bits per heavy atom. The summed E-state index contributed by atoms with van der Waals surface area (Å²) >= 11 is 1.48. The third-order valence-electron chi connectivity index (χ3n) is 4.63. The monoisotopic (exact) mass is 405 g/mol. The Labute approximate surface area is 167 Å². The van der Waals surface area contributed by atoms with Crippen LogP contribution in [0.15, 0.2) is 34.9 Å². The second-order valence-corrected chi connectivity index (χ2v) is 7.50. The molecule has 1 aromatic heterocycles. The molecule has 0 spiro atoms. The third-order valence-corrected chi connectivity index (χ3v) is 5.92. The molecule has 1 saturated heterocycles. The zero-order valence-corrected chi connectivity index (χ0v) is 17.1. The summed E-state index contributed by atoms with van der Waals surface area (Å²) in [6.45, 7) is 3.44. The highest BCUT2D eigenvalue weighted by atomic mass is 32.2. The molecule has 1 aromatic carbocycles. The van der Waals surface area contributed by atoms with Gasteiger partial charge in [0.25, 0.3) is 0 Å². The first kappa shape index (κ1) is 20.1. The molecule has 0 unspecified atom stereocenters. The van der Waals surface area contributed by atoms with Gasteiger partial charge in [-0.2, -0.15) is 0 Å². The van der Waals surface area contributed by atoms with Gasteiger partial charge in [-0.05, 0) is 42.3 Å². The van der Waals surface area contributed by atoms with E-state index in [1.807, 2.05) is 13.0 Å². The Bertz CT molecular complexity index is 851. The fourth-order valence-corrected chi connectivity index (χ4v) is 4.56. The van der Waals surface area contributed by atoms with Crippen molar-refractivity contribution in [3.8, 4) is 11.5 Å². The minimum Gasteiger partial charge on any atom is -0.493 e. The molecule has 1 aliphatic heterocycles. The van der Waals surface area contributed by atoms with Crippen molar-refractivity contribution in [3.05, 3.63) is 47.4 Å². The maximum Gasteiger partial charge on any atom is 0.330 e. The molecule has 0 bridgehead atoms. The molecule has 8 heteroatoms. The lowest BCUT2D eigenvalue weighted by atomic mass is 10.1. The van der Waals surface area contributed by atoms with Crippen molar-refractivity contribution in [2.45, 2.75) is 31.9 Å². The zero-order valence-electron chi connectivity index (χ0n) is 16.3. The van der Waals surface area contributed by atoms with Gasteiger partial charge in [0.2, 0.25) is 5.91 Å². The first-order valence-corrected chi connectivity index (χ1v) is 9.83. The van der Waals surface area contributed by atoms with Gasteiger partial charge in [0, 0.05) is 12.7 Å². The number of carbonyl (C=O) groups is 2. The van der Waals surface area contributed by atoms with Crippen molar-refractivity contribution < 1.29 is 28.2 Å². The van der Waals surface area contributed by atoms with E-state index in [4.69, 9.17) is 18.6 Å². The number of methoxy groups -OCH3 is 2. The Balaban J connectivity index is 1.72. The van der Waals surface area contributed by atoms with Gasteiger partial charge in [0.15, 0.2) is 11.5 Å². The van der Waals surface area contributed by atoms with Crippen molar-refractivity contribution in [1.82, 2.24) is 4.90 Å². The number of esters is 1. The summed E-state index contributed by atoms with van der Waals surface area (Å²) in [7, 11) is 3.12. The Hall–Kier alpha value is -2.61. The summed E-state index contributed by atoms with van der Waals surface area (Å²) in [6, 6.07) is 6.54. The summed E-state index contributed by atoms with van der Waals surface area (Å²) in [5.74, 6) is 1.65. The number of hydrogen-bond acceptors (Lipinski definition) is 7. The highest BCUT2D eigenvalue weighted by Crippen LogP contribution is 2.42. The lowest BCUT2D eigenvalue weighted by molar-refractivity contribution is -0.154. The molecule has 0 radical (unpaired) electrons. The van der Waals surface area contributed by atoms with Crippen LogP contribution in [-0.2, 0) is 20.9 Å². The van der Waals surface area contributed by atoms with E-state index in [-0.39, 0.29) is 17.9 Å². The summed E-state index contributed by atoms with van der Waals surface area (Å²) < 4.78 is 21.6. The molecule has 0 N–H and O–H groups in total. The minimum absolute atomic E-state index is 0.0867. The lowest BCUT2D eigenvalue weighted by Gasteiger charge is -2.26. The van der Waals surface area contributed by atoms with Crippen LogP contribution >= 0.6 is 11.8 Å². The fourth-order valence-electron chi connectivity index (χ4n) is 3.15. The first-order valence-electron chi connectivity index (χ1n) is 8.78. The van der Waals surface area contributed by atoms with Crippen LogP contribution in [-0.4, -0.2) is 42.8 Å². The Kier molecular flexibility index (Phi) is 6.18. The molecule has 0 aliphatic carbocycles. The molecule has 0 saturated carbocycles. The van der Waals surface area contributed by atoms with Crippen LogP contribution in [0, 0.1) is 6.92 Å². The van der Waals surface area contributed by atoms with Gasteiger partial charge < -0.3 is 23.5 Å². The predicted molar refractivity (Wildman–Crippen MR) is 104 cm³/mol. The molecule has 1 amide bonds. The van der Waals surface area contributed by atoms with Crippen LogP contribution in [0.1, 0.15) is 29.2 Å². The molecule has 1 aliphatic rings. The molecule has 28 heavy (non-hydrogen) atoms. The van der Waals surface area contributed by atoms with Crippen molar-refractivity contribution in [3.63, 3.8) is 0 Å². The number of hydrogen-bond donors (Lipinski definition) is 0. The van der Waals surface area contributed by atoms with Crippen molar-refractivity contribution >= 4 is 23.6 Å². The maximum atomic E-state index is 12.7. The smallest absolute Gasteiger partial charge is 0.330 e. The lowest BCUT2D eigenvalue weighted by Crippen LogP contribution is -2.42. The number of aryl methyl sites for hydroxylation is 1. The van der Waals surface area contributed by atoms with Crippen LogP contribution in [0.2, 0.25) is 0 Å². The summed E-state index contributed by atoms with van der Waals surface area (Å²) in [5.41, 5.74) is 1.73. The average Bonchev–Trinajstić information content (AvgIpc) is 3.35. The topological polar surface area (TPSA) is 78.2 Å². The number of carbonyl (C=O) groups excluding carboxylic acids is 2. The molecule has 3 rings (SSSR count). The fraction of sp³-hybridized carbons (Fsp3) is 0.400. The van der Waals surface area contributed by atoms with E-state index in [0.717, 1.165) is 11.1 Å². The van der Waals surface area contributed by atoms with Gasteiger partial charge in [-0.25, -0.2) is 4.79 Å². The van der Waals surface area contributed by atoms with E-state index in [1.54, 1.807) is 38.7 Å². The normalized spacial score (nSPS) is 18.8. The van der Waals surface area contributed by atoms with Crippen molar-refractivity contribution in [2.24, 2.45) is 0 Å². The average molecular weight is 405 g/mol.